The summed E-state index contributed by atoms with van der Waals surface area (Å²) >= 11 is 13.1. The second-order valence-electron chi connectivity index (χ2n) is 3.33. The number of pyridine rings is 1. The maximum absolute atomic E-state index is 6.03. The molecule has 2 heterocycles. The Balaban J connectivity index is 2.36. The average molecular weight is 290 g/mol. The first kappa shape index (κ1) is 12.5. The van der Waals surface area contributed by atoms with Crippen molar-refractivity contribution in [2.45, 2.75) is 17.1 Å². The lowest BCUT2D eigenvalue weighted by Gasteiger charge is -2.05. The minimum atomic E-state index is 0.248. The average Bonchev–Trinajstić information content (AvgIpc) is 2.58. The van der Waals surface area contributed by atoms with Gasteiger partial charge in [0.05, 0.1) is 10.0 Å². The molecule has 90 valence electrons. The molecule has 2 N–H and O–H groups in total. The van der Waals surface area contributed by atoms with Crippen LogP contribution in [0.25, 0.3) is 0 Å². The lowest BCUT2D eigenvalue weighted by Crippen LogP contribution is -1.96. The fraction of sp³-hybridized carbons (Fsp3) is 0.222. The molecule has 0 fully saturated rings. The van der Waals surface area contributed by atoms with Gasteiger partial charge in [-0.1, -0.05) is 23.2 Å². The first-order chi connectivity index (χ1) is 7.99. The summed E-state index contributed by atoms with van der Waals surface area (Å²) in [4.78, 5) is 4.11. The molecule has 0 bridgehead atoms. The number of nitrogens with zero attached hydrogens (tertiary/aromatic N) is 4. The minimum Gasteiger partial charge on any atom is -0.382 e. The molecule has 0 aromatic carbocycles. The van der Waals surface area contributed by atoms with Crippen molar-refractivity contribution in [2.75, 3.05) is 5.73 Å². The fourth-order valence-corrected chi connectivity index (χ4v) is 2.40. The number of aromatic nitrogens is 4. The van der Waals surface area contributed by atoms with E-state index in [1.807, 2.05) is 18.5 Å². The largest absolute Gasteiger partial charge is 0.382 e. The summed E-state index contributed by atoms with van der Waals surface area (Å²) in [6, 6.07) is 1.57. The number of anilines is 1. The Bertz CT molecular complexity index is 569. The van der Waals surface area contributed by atoms with Crippen LogP contribution in [0.15, 0.2) is 16.2 Å². The van der Waals surface area contributed by atoms with E-state index in [0.717, 1.165) is 5.82 Å². The molecule has 2 rings (SSSR count). The van der Waals surface area contributed by atoms with Crippen LogP contribution in [0.1, 0.15) is 5.82 Å². The van der Waals surface area contributed by atoms with Crippen molar-refractivity contribution in [1.82, 2.24) is 19.7 Å². The SMILES string of the molecule is Cc1nnc(Sc2nc(N)c(Cl)cc2Cl)n1C. The van der Waals surface area contributed by atoms with Crippen LogP contribution < -0.4 is 5.73 Å². The van der Waals surface area contributed by atoms with Gasteiger partial charge >= 0.3 is 0 Å². The first-order valence-electron chi connectivity index (χ1n) is 4.64. The molecule has 0 aliphatic heterocycles. The van der Waals surface area contributed by atoms with E-state index in [1.165, 1.54) is 11.8 Å². The molecular weight excluding hydrogens is 281 g/mol. The molecule has 0 radical (unpaired) electrons. The van der Waals surface area contributed by atoms with E-state index in [0.29, 0.717) is 20.2 Å². The highest BCUT2D eigenvalue weighted by Crippen LogP contribution is 2.33. The molecule has 0 saturated carbocycles. The Labute approximate surface area is 112 Å². The molecule has 0 amide bonds. The summed E-state index contributed by atoms with van der Waals surface area (Å²) in [7, 11) is 1.87. The maximum atomic E-state index is 6.03. The zero-order chi connectivity index (χ0) is 12.6. The van der Waals surface area contributed by atoms with E-state index in [9.17, 15) is 0 Å². The summed E-state index contributed by atoms with van der Waals surface area (Å²) in [5, 5.41) is 9.99. The van der Waals surface area contributed by atoms with E-state index in [-0.39, 0.29) is 5.82 Å². The van der Waals surface area contributed by atoms with Crippen LogP contribution in [0.3, 0.4) is 0 Å². The molecule has 17 heavy (non-hydrogen) atoms. The maximum Gasteiger partial charge on any atom is 0.197 e. The number of hydrogen-bond donors (Lipinski definition) is 1. The zero-order valence-corrected chi connectivity index (χ0v) is 11.4. The number of nitrogens with two attached hydrogens (primary N) is 1. The third-order valence-corrected chi connectivity index (χ3v) is 3.91. The molecular formula is C9H9Cl2N5S. The topological polar surface area (TPSA) is 69.6 Å². The molecule has 2 aromatic rings. The van der Waals surface area contributed by atoms with Crippen LogP contribution in [0.5, 0.6) is 0 Å². The molecule has 2 aromatic heterocycles. The van der Waals surface area contributed by atoms with Crippen molar-refractivity contribution in [3.05, 3.63) is 21.9 Å². The van der Waals surface area contributed by atoms with Crippen LogP contribution >= 0.6 is 35.0 Å². The van der Waals surface area contributed by atoms with E-state index in [4.69, 9.17) is 28.9 Å². The smallest absolute Gasteiger partial charge is 0.197 e. The molecule has 0 spiro atoms. The number of aryl methyl sites for hydroxylation is 1. The van der Waals surface area contributed by atoms with E-state index >= 15 is 0 Å². The van der Waals surface area contributed by atoms with Crippen LogP contribution in [-0.2, 0) is 7.05 Å². The van der Waals surface area contributed by atoms with Gasteiger partial charge in [0.25, 0.3) is 0 Å². The van der Waals surface area contributed by atoms with Crippen molar-refractivity contribution < 1.29 is 0 Å². The highest BCUT2D eigenvalue weighted by Gasteiger charge is 2.13. The van der Waals surface area contributed by atoms with Crippen LogP contribution in [0, 0.1) is 6.92 Å². The monoisotopic (exact) mass is 289 g/mol. The highest BCUT2D eigenvalue weighted by atomic mass is 35.5. The van der Waals surface area contributed by atoms with Gasteiger partial charge in [-0.05, 0) is 24.8 Å². The summed E-state index contributed by atoms with van der Waals surface area (Å²) in [6.07, 6.45) is 0. The Morgan fingerprint density at radius 3 is 2.59 bits per heavy atom. The third kappa shape index (κ3) is 2.48. The van der Waals surface area contributed by atoms with Crippen molar-refractivity contribution in [3.8, 4) is 0 Å². The fourth-order valence-electron chi connectivity index (χ4n) is 1.10. The molecule has 8 heteroatoms. The second kappa shape index (κ2) is 4.72. The Morgan fingerprint density at radius 1 is 1.29 bits per heavy atom. The van der Waals surface area contributed by atoms with Gasteiger partial charge in [0.1, 0.15) is 16.7 Å². The number of rotatable bonds is 2. The van der Waals surface area contributed by atoms with E-state index in [2.05, 4.69) is 15.2 Å². The molecule has 5 nitrogen and oxygen atoms in total. The standard InChI is InChI=1S/C9H9Cl2N5S/c1-4-14-15-9(16(4)2)17-8-6(11)3-5(10)7(12)13-8/h3H,1-2H3,(H2,12,13). The van der Waals surface area contributed by atoms with Crippen LogP contribution in [-0.4, -0.2) is 19.7 Å². The van der Waals surface area contributed by atoms with E-state index in [1.54, 1.807) is 6.07 Å². The van der Waals surface area contributed by atoms with Crippen molar-refractivity contribution in [3.63, 3.8) is 0 Å². The molecule has 0 saturated heterocycles. The predicted octanol–water partition coefficient (Wildman–Crippen LogP) is 2.56. The third-order valence-electron chi connectivity index (χ3n) is 2.17. The van der Waals surface area contributed by atoms with Gasteiger partial charge in [-0.3, -0.25) is 0 Å². The number of nitrogen functional groups attached to an aromatic ring is 1. The predicted molar refractivity (Wildman–Crippen MR) is 68.5 cm³/mol. The Kier molecular flexibility index (Phi) is 3.46. The van der Waals surface area contributed by atoms with Crippen LogP contribution in [0.2, 0.25) is 10.0 Å². The normalized spacial score (nSPS) is 10.8. The molecule has 0 aliphatic carbocycles. The van der Waals surface area contributed by atoms with Crippen LogP contribution in [0.4, 0.5) is 5.82 Å². The van der Waals surface area contributed by atoms with Gasteiger partial charge in [-0.2, -0.15) is 0 Å². The quantitative estimate of drug-likeness (QED) is 0.920. The van der Waals surface area contributed by atoms with Gasteiger partial charge in [-0.25, -0.2) is 4.98 Å². The number of halogens is 2. The highest BCUT2D eigenvalue weighted by molar-refractivity contribution is 7.99. The van der Waals surface area contributed by atoms with Gasteiger partial charge in [0.15, 0.2) is 5.16 Å². The number of hydrogen-bond acceptors (Lipinski definition) is 5. The lowest BCUT2D eigenvalue weighted by molar-refractivity contribution is 0.764. The summed E-state index contributed by atoms with van der Waals surface area (Å²) in [5.74, 6) is 1.06. The van der Waals surface area contributed by atoms with Crippen molar-refractivity contribution in [2.24, 2.45) is 7.05 Å². The minimum absolute atomic E-state index is 0.248. The summed E-state index contributed by atoms with van der Waals surface area (Å²) in [6.45, 7) is 1.86. The molecule has 0 atom stereocenters. The second-order valence-corrected chi connectivity index (χ2v) is 5.10. The van der Waals surface area contributed by atoms with Crippen molar-refractivity contribution >= 4 is 40.8 Å². The van der Waals surface area contributed by atoms with Gasteiger partial charge in [0.2, 0.25) is 0 Å². The molecule has 0 aliphatic rings. The van der Waals surface area contributed by atoms with E-state index < -0.39 is 0 Å². The van der Waals surface area contributed by atoms with Gasteiger partial charge < -0.3 is 10.3 Å². The Morgan fingerprint density at radius 2 is 2.00 bits per heavy atom. The van der Waals surface area contributed by atoms with Gasteiger partial charge in [0, 0.05) is 7.05 Å². The van der Waals surface area contributed by atoms with Crippen molar-refractivity contribution in [1.29, 1.82) is 0 Å². The first-order valence-corrected chi connectivity index (χ1v) is 6.21. The Hall–Kier alpha value is -0.980. The molecule has 0 unspecified atom stereocenters. The lowest BCUT2D eigenvalue weighted by atomic mass is 10.5. The van der Waals surface area contributed by atoms with Gasteiger partial charge in [-0.15, -0.1) is 10.2 Å². The summed E-state index contributed by atoms with van der Waals surface area (Å²) < 4.78 is 1.84. The zero-order valence-electron chi connectivity index (χ0n) is 9.11. The summed E-state index contributed by atoms with van der Waals surface area (Å²) in [5.41, 5.74) is 5.63.